The highest BCUT2D eigenvalue weighted by molar-refractivity contribution is 5.94. The Morgan fingerprint density at radius 1 is 1.27 bits per heavy atom. The molecule has 78 valence electrons. The van der Waals surface area contributed by atoms with Gasteiger partial charge in [0.05, 0.1) is 7.11 Å². The van der Waals surface area contributed by atoms with Gasteiger partial charge < -0.3 is 4.74 Å². The number of hydrogen-bond donors (Lipinski definition) is 0. The van der Waals surface area contributed by atoms with Gasteiger partial charge in [0.15, 0.2) is 0 Å². The van der Waals surface area contributed by atoms with Gasteiger partial charge in [0.1, 0.15) is 0 Å². The molecule has 1 rings (SSSR count). The van der Waals surface area contributed by atoms with E-state index < -0.39 is 0 Å². The molecule has 0 unspecified atom stereocenters. The molecule has 0 N–H and O–H groups in total. The van der Waals surface area contributed by atoms with Crippen molar-refractivity contribution in [1.82, 2.24) is 0 Å². The van der Waals surface area contributed by atoms with Crippen LogP contribution in [0, 0.1) is 0 Å². The van der Waals surface area contributed by atoms with Gasteiger partial charge >= 0.3 is 5.97 Å². The predicted molar refractivity (Wildman–Crippen MR) is 61.2 cm³/mol. The number of esters is 1. The van der Waals surface area contributed by atoms with E-state index in [0.717, 1.165) is 11.1 Å². The highest BCUT2D eigenvalue weighted by Crippen LogP contribution is 2.15. The van der Waals surface area contributed by atoms with Crippen molar-refractivity contribution in [2.24, 2.45) is 0 Å². The molecule has 0 aliphatic heterocycles. The zero-order valence-corrected chi connectivity index (χ0v) is 8.94. The van der Waals surface area contributed by atoms with E-state index in [2.05, 4.69) is 4.74 Å². The van der Waals surface area contributed by atoms with Crippen LogP contribution in [-0.4, -0.2) is 13.1 Å². The Morgan fingerprint density at radius 2 is 1.93 bits per heavy atom. The van der Waals surface area contributed by atoms with Crippen LogP contribution in [0.5, 0.6) is 0 Å². The Hall–Kier alpha value is -1.83. The first-order valence-electron chi connectivity index (χ1n) is 4.75. The molecule has 2 nitrogen and oxygen atoms in total. The zero-order chi connectivity index (χ0) is 11.1. The number of rotatable bonds is 3. The van der Waals surface area contributed by atoms with Crippen LogP contribution in [-0.2, 0) is 9.53 Å². The van der Waals surface area contributed by atoms with Crippen molar-refractivity contribution in [3.05, 3.63) is 54.1 Å². The topological polar surface area (TPSA) is 26.3 Å². The number of allylic oxidation sites excluding steroid dienone is 3. The third kappa shape index (κ3) is 3.43. The molecule has 0 atom stereocenters. The largest absolute Gasteiger partial charge is 0.466 e. The number of carbonyl (C=O) groups excluding carboxylic acids is 1. The van der Waals surface area contributed by atoms with Gasteiger partial charge in [0, 0.05) is 6.08 Å². The third-order valence-corrected chi connectivity index (χ3v) is 1.93. The lowest BCUT2D eigenvalue weighted by molar-refractivity contribution is -0.134. The fourth-order valence-electron chi connectivity index (χ4n) is 1.22. The van der Waals surface area contributed by atoms with Crippen LogP contribution < -0.4 is 0 Å². The van der Waals surface area contributed by atoms with E-state index in [0.29, 0.717) is 0 Å². The van der Waals surface area contributed by atoms with Crippen LogP contribution in [0.3, 0.4) is 0 Å². The van der Waals surface area contributed by atoms with Crippen molar-refractivity contribution >= 4 is 11.5 Å². The smallest absolute Gasteiger partial charge is 0.331 e. The minimum atomic E-state index is -0.341. The maximum Gasteiger partial charge on any atom is 0.331 e. The van der Waals surface area contributed by atoms with Gasteiger partial charge in [-0.05, 0) is 18.1 Å². The summed E-state index contributed by atoms with van der Waals surface area (Å²) in [5, 5.41) is 0. The SMILES string of the molecule is C/C=C/C(=C/C(=O)OC)c1ccccc1. The highest BCUT2D eigenvalue weighted by Gasteiger charge is 2.00. The first-order valence-corrected chi connectivity index (χ1v) is 4.75. The van der Waals surface area contributed by atoms with Crippen molar-refractivity contribution < 1.29 is 9.53 Å². The molecular weight excluding hydrogens is 188 g/mol. The van der Waals surface area contributed by atoms with E-state index in [4.69, 9.17) is 0 Å². The van der Waals surface area contributed by atoms with E-state index in [1.165, 1.54) is 13.2 Å². The van der Waals surface area contributed by atoms with Gasteiger partial charge in [-0.15, -0.1) is 0 Å². The number of benzene rings is 1. The lowest BCUT2D eigenvalue weighted by Crippen LogP contribution is -1.96. The molecule has 0 radical (unpaired) electrons. The number of methoxy groups -OCH3 is 1. The molecule has 0 heterocycles. The monoisotopic (exact) mass is 202 g/mol. The molecule has 2 heteroatoms. The van der Waals surface area contributed by atoms with Crippen molar-refractivity contribution in [3.8, 4) is 0 Å². The Balaban J connectivity index is 3.04. The van der Waals surface area contributed by atoms with E-state index in [9.17, 15) is 4.79 Å². The Morgan fingerprint density at radius 3 is 2.47 bits per heavy atom. The summed E-state index contributed by atoms with van der Waals surface area (Å²) < 4.78 is 4.60. The summed E-state index contributed by atoms with van der Waals surface area (Å²) in [6.45, 7) is 1.91. The molecular formula is C13H14O2. The van der Waals surface area contributed by atoms with Crippen molar-refractivity contribution in [2.45, 2.75) is 6.92 Å². The minimum absolute atomic E-state index is 0.341. The summed E-state index contributed by atoms with van der Waals surface area (Å²) in [7, 11) is 1.37. The zero-order valence-electron chi connectivity index (χ0n) is 8.94. The van der Waals surface area contributed by atoms with Gasteiger partial charge in [-0.2, -0.15) is 0 Å². The number of hydrogen-bond acceptors (Lipinski definition) is 2. The molecule has 0 fully saturated rings. The standard InChI is InChI=1S/C13H14O2/c1-3-7-12(10-13(14)15-2)11-8-5-4-6-9-11/h3-10H,1-2H3/b7-3+,12-10-. The first kappa shape index (κ1) is 11.2. The van der Waals surface area contributed by atoms with Gasteiger partial charge in [0.25, 0.3) is 0 Å². The third-order valence-electron chi connectivity index (χ3n) is 1.93. The Labute approximate surface area is 89.9 Å². The molecule has 15 heavy (non-hydrogen) atoms. The van der Waals surface area contributed by atoms with Crippen LogP contribution >= 0.6 is 0 Å². The van der Waals surface area contributed by atoms with E-state index >= 15 is 0 Å². The van der Waals surface area contributed by atoms with Crippen LogP contribution in [0.25, 0.3) is 5.57 Å². The fraction of sp³-hybridized carbons (Fsp3) is 0.154. The molecule has 1 aromatic carbocycles. The average molecular weight is 202 g/mol. The van der Waals surface area contributed by atoms with E-state index in [1.807, 2.05) is 49.4 Å². The maximum absolute atomic E-state index is 11.1. The molecule has 0 saturated heterocycles. The molecule has 0 bridgehead atoms. The van der Waals surface area contributed by atoms with Gasteiger partial charge in [0.2, 0.25) is 0 Å². The Kier molecular flexibility index (Phi) is 4.35. The first-order chi connectivity index (χ1) is 7.27. The van der Waals surface area contributed by atoms with E-state index in [-0.39, 0.29) is 5.97 Å². The quantitative estimate of drug-likeness (QED) is 0.428. The maximum atomic E-state index is 11.1. The molecule has 0 saturated carbocycles. The minimum Gasteiger partial charge on any atom is -0.466 e. The lowest BCUT2D eigenvalue weighted by Gasteiger charge is -2.01. The molecule has 0 amide bonds. The van der Waals surface area contributed by atoms with E-state index in [1.54, 1.807) is 0 Å². The summed E-state index contributed by atoms with van der Waals surface area (Å²) in [5.74, 6) is -0.341. The molecule has 0 aliphatic rings. The highest BCUT2D eigenvalue weighted by atomic mass is 16.5. The van der Waals surface area contributed by atoms with Crippen LogP contribution in [0.1, 0.15) is 12.5 Å². The molecule has 0 aromatic heterocycles. The second-order valence-electron chi connectivity index (χ2n) is 2.99. The van der Waals surface area contributed by atoms with Crippen LogP contribution in [0.4, 0.5) is 0 Å². The normalized spacial score (nSPS) is 11.7. The summed E-state index contributed by atoms with van der Waals surface area (Å²) in [5.41, 5.74) is 1.85. The summed E-state index contributed by atoms with van der Waals surface area (Å²) in [6.07, 6.45) is 5.25. The number of ether oxygens (including phenoxy) is 1. The van der Waals surface area contributed by atoms with Crippen LogP contribution in [0.15, 0.2) is 48.6 Å². The van der Waals surface area contributed by atoms with Crippen LogP contribution in [0.2, 0.25) is 0 Å². The molecule has 0 aliphatic carbocycles. The van der Waals surface area contributed by atoms with Gasteiger partial charge in [-0.3, -0.25) is 0 Å². The predicted octanol–water partition coefficient (Wildman–Crippen LogP) is 2.82. The number of carbonyl (C=O) groups is 1. The second kappa shape index (κ2) is 5.81. The molecule has 1 aromatic rings. The molecule has 0 spiro atoms. The summed E-state index contributed by atoms with van der Waals surface area (Å²) in [4.78, 5) is 11.1. The Bertz CT molecular complexity index is 375. The van der Waals surface area contributed by atoms with Gasteiger partial charge in [-0.1, -0.05) is 42.5 Å². The second-order valence-corrected chi connectivity index (χ2v) is 2.99. The summed E-state index contributed by atoms with van der Waals surface area (Å²) in [6, 6.07) is 9.71. The van der Waals surface area contributed by atoms with Crippen molar-refractivity contribution in [3.63, 3.8) is 0 Å². The lowest BCUT2D eigenvalue weighted by atomic mass is 10.1. The fourth-order valence-corrected chi connectivity index (χ4v) is 1.22. The van der Waals surface area contributed by atoms with Gasteiger partial charge in [-0.25, -0.2) is 4.79 Å². The summed E-state index contributed by atoms with van der Waals surface area (Å²) >= 11 is 0. The average Bonchev–Trinajstić information content (AvgIpc) is 2.29. The van der Waals surface area contributed by atoms with Crippen molar-refractivity contribution in [1.29, 1.82) is 0 Å². The van der Waals surface area contributed by atoms with Crippen molar-refractivity contribution in [2.75, 3.05) is 7.11 Å².